The second kappa shape index (κ2) is 8.09. The Balaban J connectivity index is 1.81. The van der Waals surface area contributed by atoms with Gasteiger partial charge in [-0.15, -0.1) is 11.8 Å². The zero-order valence-electron chi connectivity index (χ0n) is 16.5. The minimum atomic E-state index is -0.150. The number of hydrogen-bond donors (Lipinski definition) is 1. The molecule has 1 N–H and O–H groups in total. The lowest BCUT2D eigenvalue weighted by Gasteiger charge is -2.29. The van der Waals surface area contributed by atoms with Crippen molar-refractivity contribution in [3.63, 3.8) is 0 Å². The maximum absolute atomic E-state index is 12.6. The van der Waals surface area contributed by atoms with Gasteiger partial charge in [0.15, 0.2) is 5.75 Å². The first-order chi connectivity index (χ1) is 13.6. The lowest BCUT2D eigenvalue weighted by atomic mass is 10.0. The van der Waals surface area contributed by atoms with Gasteiger partial charge in [-0.3, -0.25) is 4.79 Å². The molecule has 2 heterocycles. The highest BCUT2D eigenvalue weighted by Gasteiger charge is 2.28. The number of ether oxygens (including phenoxy) is 3. The van der Waals surface area contributed by atoms with E-state index in [0.29, 0.717) is 30.5 Å². The fourth-order valence-corrected chi connectivity index (χ4v) is 3.80. The van der Waals surface area contributed by atoms with Gasteiger partial charge in [0.1, 0.15) is 17.5 Å². The van der Waals surface area contributed by atoms with Gasteiger partial charge in [-0.2, -0.15) is 0 Å². The number of hydrogen-bond acceptors (Lipinski definition) is 6. The summed E-state index contributed by atoms with van der Waals surface area (Å²) in [7, 11) is 3.41. The van der Waals surface area contributed by atoms with E-state index in [0.717, 1.165) is 28.4 Å². The number of pyridine rings is 1. The molecule has 28 heavy (non-hydrogen) atoms. The zero-order valence-corrected chi connectivity index (χ0v) is 17.3. The molecule has 150 valence electrons. The number of nitrogens with one attached hydrogen (secondary N) is 1. The highest BCUT2D eigenvalue weighted by Crippen LogP contribution is 2.43. The number of benzene rings is 1. The molecule has 1 aromatic carbocycles. The summed E-state index contributed by atoms with van der Waals surface area (Å²) in [5.41, 5.74) is 2.19. The van der Waals surface area contributed by atoms with Crippen molar-refractivity contribution in [1.29, 1.82) is 0 Å². The molecule has 2 aromatic rings. The van der Waals surface area contributed by atoms with Crippen molar-refractivity contribution in [2.45, 2.75) is 23.8 Å². The molecule has 0 saturated heterocycles. The largest absolute Gasteiger partial charge is 0.493 e. The second-order valence-corrected chi connectivity index (χ2v) is 8.24. The van der Waals surface area contributed by atoms with E-state index < -0.39 is 0 Å². The van der Waals surface area contributed by atoms with Crippen LogP contribution in [0.4, 0.5) is 5.69 Å². The minimum absolute atomic E-state index is 0.101. The normalized spacial score (nSPS) is 18.2. The summed E-state index contributed by atoms with van der Waals surface area (Å²) in [6, 6.07) is 6.19. The number of aryl methyl sites for hydroxylation is 1. The molecular weight excluding hydrogens is 376 g/mol. The van der Waals surface area contributed by atoms with E-state index in [1.165, 1.54) is 12.8 Å². The molecule has 7 heteroatoms. The fraction of sp³-hybridized carbons (Fsp3) is 0.476. The molecule has 6 nitrogen and oxygen atoms in total. The van der Waals surface area contributed by atoms with Crippen LogP contribution in [0.25, 0.3) is 11.1 Å². The van der Waals surface area contributed by atoms with Crippen LogP contribution in [0, 0.1) is 5.92 Å². The van der Waals surface area contributed by atoms with Gasteiger partial charge in [0.2, 0.25) is 0 Å². The maximum atomic E-state index is 12.6. The lowest BCUT2D eigenvalue weighted by molar-refractivity contribution is 0.0849. The first-order valence-corrected chi connectivity index (χ1v) is 10.8. The number of anilines is 1. The fourth-order valence-electron chi connectivity index (χ4n) is 3.36. The van der Waals surface area contributed by atoms with Gasteiger partial charge in [0.25, 0.3) is 5.56 Å². The molecule has 1 atom stereocenters. The Kier molecular flexibility index (Phi) is 5.55. The average Bonchev–Trinajstić information content (AvgIpc) is 3.54. The molecule has 0 bridgehead atoms. The van der Waals surface area contributed by atoms with Crippen LogP contribution in [0.1, 0.15) is 12.8 Å². The zero-order chi connectivity index (χ0) is 19.7. The van der Waals surface area contributed by atoms with E-state index in [4.69, 9.17) is 14.2 Å². The van der Waals surface area contributed by atoms with Crippen LogP contribution in [0.5, 0.6) is 11.5 Å². The SMILES string of the molecule is COCC1CNc2c(c(-c3cc(SC)ccc3OCC3CC3)cn(C)c2=O)O1. The molecule has 1 aliphatic heterocycles. The molecule has 1 fully saturated rings. The molecule has 2 aliphatic rings. The molecule has 0 spiro atoms. The van der Waals surface area contributed by atoms with Crippen molar-refractivity contribution < 1.29 is 14.2 Å². The van der Waals surface area contributed by atoms with Crippen LogP contribution in [-0.2, 0) is 11.8 Å². The van der Waals surface area contributed by atoms with E-state index in [1.807, 2.05) is 18.5 Å². The number of fused-ring (bicyclic) bond motifs is 1. The maximum Gasteiger partial charge on any atom is 0.277 e. The Morgan fingerprint density at radius 1 is 1.29 bits per heavy atom. The number of rotatable bonds is 7. The van der Waals surface area contributed by atoms with Crippen LogP contribution in [-0.4, -0.2) is 43.8 Å². The first kappa shape index (κ1) is 19.2. The van der Waals surface area contributed by atoms with Gasteiger partial charge < -0.3 is 24.1 Å². The van der Waals surface area contributed by atoms with Gasteiger partial charge >= 0.3 is 0 Å². The predicted molar refractivity (Wildman–Crippen MR) is 112 cm³/mol. The van der Waals surface area contributed by atoms with E-state index in [2.05, 4.69) is 17.4 Å². The van der Waals surface area contributed by atoms with E-state index >= 15 is 0 Å². The molecular formula is C21H26N2O4S. The van der Waals surface area contributed by atoms with Crippen molar-refractivity contribution in [2.24, 2.45) is 13.0 Å². The molecule has 0 radical (unpaired) electrons. The molecule has 1 saturated carbocycles. The molecule has 0 amide bonds. The summed E-state index contributed by atoms with van der Waals surface area (Å²) in [4.78, 5) is 13.8. The van der Waals surface area contributed by atoms with E-state index in [-0.39, 0.29) is 11.7 Å². The minimum Gasteiger partial charge on any atom is -0.493 e. The predicted octanol–water partition coefficient (Wildman–Crippen LogP) is 3.38. The third-order valence-corrected chi connectivity index (χ3v) is 5.85. The number of nitrogens with zero attached hydrogens (tertiary/aromatic N) is 1. The average molecular weight is 403 g/mol. The first-order valence-electron chi connectivity index (χ1n) is 9.55. The third-order valence-electron chi connectivity index (χ3n) is 5.12. The van der Waals surface area contributed by atoms with Crippen molar-refractivity contribution >= 4 is 17.4 Å². The van der Waals surface area contributed by atoms with Crippen molar-refractivity contribution in [1.82, 2.24) is 4.57 Å². The summed E-state index contributed by atoms with van der Waals surface area (Å²) in [6.07, 6.45) is 6.20. The van der Waals surface area contributed by atoms with Crippen LogP contribution in [0.3, 0.4) is 0 Å². The van der Waals surface area contributed by atoms with Crippen molar-refractivity contribution in [3.05, 3.63) is 34.7 Å². The number of methoxy groups -OCH3 is 1. The Labute approximate surface area is 169 Å². The van der Waals surface area contributed by atoms with Gasteiger partial charge in [-0.1, -0.05) is 0 Å². The highest BCUT2D eigenvalue weighted by molar-refractivity contribution is 7.98. The number of aromatic nitrogens is 1. The molecule has 1 aliphatic carbocycles. The summed E-state index contributed by atoms with van der Waals surface area (Å²) in [5.74, 6) is 2.06. The Morgan fingerprint density at radius 3 is 2.82 bits per heavy atom. The topological polar surface area (TPSA) is 61.7 Å². The standard InChI is InChI=1S/C21H26N2O4S/c1-23-10-17(20-19(21(23)24)22-9-14(27-20)12-25-2)16-8-15(28-3)6-7-18(16)26-11-13-4-5-13/h6-8,10,13-14,22H,4-5,9,11-12H2,1-3H3. The van der Waals surface area contributed by atoms with Crippen LogP contribution in [0.2, 0.25) is 0 Å². The quantitative estimate of drug-likeness (QED) is 0.717. The van der Waals surface area contributed by atoms with Crippen molar-refractivity contribution in [2.75, 3.05) is 38.4 Å². The summed E-state index contributed by atoms with van der Waals surface area (Å²) >= 11 is 1.68. The Morgan fingerprint density at radius 2 is 2.11 bits per heavy atom. The van der Waals surface area contributed by atoms with Gasteiger partial charge in [-0.25, -0.2) is 0 Å². The number of thioether (sulfide) groups is 1. The molecule has 4 rings (SSSR count). The van der Waals surface area contributed by atoms with Crippen LogP contribution in [0.15, 0.2) is 34.1 Å². The summed E-state index contributed by atoms with van der Waals surface area (Å²) in [6.45, 7) is 1.72. The smallest absolute Gasteiger partial charge is 0.277 e. The molecule has 1 aromatic heterocycles. The van der Waals surface area contributed by atoms with E-state index in [9.17, 15) is 4.79 Å². The highest BCUT2D eigenvalue weighted by atomic mass is 32.2. The summed E-state index contributed by atoms with van der Waals surface area (Å²) in [5, 5.41) is 3.24. The monoisotopic (exact) mass is 402 g/mol. The summed E-state index contributed by atoms with van der Waals surface area (Å²) < 4.78 is 19.2. The van der Waals surface area contributed by atoms with Crippen LogP contribution < -0.4 is 20.3 Å². The van der Waals surface area contributed by atoms with Gasteiger partial charge in [-0.05, 0) is 43.2 Å². The lowest BCUT2D eigenvalue weighted by Crippen LogP contribution is -2.38. The second-order valence-electron chi connectivity index (χ2n) is 7.36. The Bertz CT molecular complexity index is 923. The third kappa shape index (κ3) is 3.86. The van der Waals surface area contributed by atoms with Crippen molar-refractivity contribution in [3.8, 4) is 22.6 Å². The van der Waals surface area contributed by atoms with E-state index in [1.54, 1.807) is 30.5 Å². The van der Waals surface area contributed by atoms with Gasteiger partial charge in [0, 0.05) is 36.4 Å². The molecule has 1 unspecified atom stereocenters. The Hall–Kier alpha value is -2.12. The van der Waals surface area contributed by atoms with Gasteiger partial charge in [0.05, 0.1) is 19.8 Å². The van der Waals surface area contributed by atoms with Crippen LogP contribution >= 0.6 is 11.8 Å².